The molecule has 0 radical (unpaired) electrons. The van der Waals surface area contributed by atoms with Gasteiger partial charge in [-0.1, -0.05) is 18.2 Å². The van der Waals surface area contributed by atoms with Crippen molar-refractivity contribution in [3.05, 3.63) is 29.8 Å². The smallest absolute Gasteiger partial charge is 0.323 e. The van der Waals surface area contributed by atoms with Gasteiger partial charge in [-0.2, -0.15) is 0 Å². The van der Waals surface area contributed by atoms with E-state index in [-0.39, 0.29) is 6.03 Å². The number of benzene rings is 1. The number of para-hydroxylation sites is 1. The maximum absolute atomic E-state index is 11.9. The largest absolute Gasteiger partial charge is 0.330 e. The molecule has 1 heterocycles. The number of carbonyl (C=O) groups excluding carboxylic acids is 1. The standard InChI is InChI=1S/C12H16N2O/c1-13(2)12(15)14-9-5-7-10-6-3-4-8-11(10)14/h3-4,6,8H,5,7,9H2,1-2H3. The normalized spacial score (nSPS) is 14.7. The van der Waals surface area contributed by atoms with Crippen LogP contribution in [0, 0.1) is 0 Å². The first-order chi connectivity index (χ1) is 7.20. The molecule has 1 aliphatic heterocycles. The molecule has 15 heavy (non-hydrogen) atoms. The minimum atomic E-state index is 0.0714. The van der Waals surface area contributed by atoms with Crippen LogP contribution in [0.5, 0.6) is 0 Å². The van der Waals surface area contributed by atoms with Gasteiger partial charge in [0.1, 0.15) is 0 Å². The fourth-order valence-corrected chi connectivity index (χ4v) is 1.97. The molecule has 0 spiro atoms. The van der Waals surface area contributed by atoms with E-state index in [0.29, 0.717) is 0 Å². The van der Waals surface area contributed by atoms with Gasteiger partial charge in [-0.25, -0.2) is 4.79 Å². The molecule has 0 unspecified atom stereocenters. The van der Waals surface area contributed by atoms with Crippen LogP contribution in [0.25, 0.3) is 0 Å². The van der Waals surface area contributed by atoms with E-state index in [9.17, 15) is 4.79 Å². The summed E-state index contributed by atoms with van der Waals surface area (Å²) in [4.78, 5) is 15.4. The van der Waals surface area contributed by atoms with Crippen molar-refractivity contribution >= 4 is 11.7 Å². The van der Waals surface area contributed by atoms with Gasteiger partial charge < -0.3 is 4.90 Å². The van der Waals surface area contributed by atoms with Gasteiger partial charge in [-0.15, -0.1) is 0 Å². The fraction of sp³-hybridized carbons (Fsp3) is 0.417. The first-order valence-electron chi connectivity index (χ1n) is 5.27. The molecule has 0 saturated heterocycles. The number of hydrogen-bond acceptors (Lipinski definition) is 1. The third-order valence-corrected chi connectivity index (χ3v) is 2.72. The molecule has 0 N–H and O–H groups in total. The van der Waals surface area contributed by atoms with Crippen LogP contribution in [-0.4, -0.2) is 31.6 Å². The molecular formula is C12H16N2O. The van der Waals surface area contributed by atoms with Gasteiger partial charge in [0.15, 0.2) is 0 Å². The number of nitrogens with zero attached hydrogens (tertiary/aromatic N) is 2. The van der Waals surface area contributed by atoms with Crippen LogP contribution in [0.3, 0.4) is 0 Å². The lowest BCUT2D eigenvalue weighted by atomic mass is 10.0. The van der Waals surface area contributed by atoms with Crippen molar-refractivity contribution in [2.24, 2.45) is 0 Å². The van der Waals surface area contributed by atoms with Crippen molar-refractivity contribution in [2.45, 2.75) is 12.8 Å². The van der Waals surface area contributed by atoms with Gasteiger partial charge in [-0.3, -0.25) is 4.90 Å². The maximum Gasteiger partial charge on any atom is 0.323 e. The first kappa shape index (κ1) is 10.0. The van der Waals surface area contributed by atoms with Gasteiger partial charge in [0.25, 0.3) is 0 Å². The summed E-state index contributed by atoms with van der Waals surface area (Å²) in [7, 11) is 3.58. The Morgan fingerprint density at radius 2 is 2.07 bits per heavy atom. The second kappa shape index (κ2) is 3.93. The molecule has 0 aliphatic carbocycles. The third-order valence-electron chi connectivity index (χ3n) is 2.72. The molecule has 0 fully saturated rings. The van der Waals surface area contributed by atoms with E-state index in [1.165, 1.54) is 5.56 Å². The highest BCUT2D eigenvalue weighted by molar-refractivity contribution is 5.92. The molecule has 3 heteroatoms. The highest BCUT2D eigenvalue weighted by Crippen LogP contribution is 2.27. The van der Waals surface area contributed by atoms with E-state index in [1.54, 1.807) is 19.0 Å². The number of urea groups is 1. The van der Waals surface area contributed by atoms with Crippen LogP contribution in [0.15, 0.2) is 24.3 Å². The van der Waals surface area contributed by atoms with Crippen LogP contribution in [0.1, 0.15) is 12.0 Å². The fourth-order valence-electron chi connectivity index (χ4n) is 1.97. The molecule has 3 nitrogen and oxygen atoms in total. The van der Waals surface area contributed by atoms with Crippen molar-refractivity contribution in [1.82, 2.24) is 4.90 Å². The number of hydrogen-bond donors (Lipinski definition) is 0. The van der Waals surface area contributed by atoms with Gasteiger partial charge in [0, 0.05) is 26.3 Å². The predicted molar refractivity (Wildman–Crippen MR) is 61.2 cm³/mol. The van der Waals surface area contributed by atoms with Crippen LogP contribution in [-0.2, 0) is 6.42 Å². The van der Waals surface area contributed by atoms with Crippen LogP contribution < -0.4 is 4.90 Å². The summed E-state index contributed by atoms with van der Waals surface area (Å²) in [6.45, 7) is 0.827. The average Bonchev–Trinajstić information content (AvgIpc) is 2.27. The highest BCUT2D eigenvalue weighted by atomic mass is 16.2. The molecular weight excluding hydrogens is 188 g/mol. The van der Waals surface area contributed by atoms with E-state index in [2.05, 4.69) is 6.07 Å². The monoisotopic (exact) mass is 204 g/mol. The van der Waals surface area contributed by atoms with Gasteiger partial charge >= 0.3 is 6.03 Å². The third kappa shape index (κ3) is 1.82. The van der Waals surface area contributed by atoms with Crippen molar-refractivity contribution < 1.29 is 4.79 Å². The zero-order chi connectivity index (χ0) is 10.8. The Hall–Kier alpha value is -1.51. The Morgan fingerprint density at radius 1 is 1.33 bits per heavy atom. The Labute approximate surface area is 90.3 Å². The Morgan fingerprint density at radius 3 is 2.80 bits per heavy atom. The quantitative estimate of drug-likeness (QED) is 0.635. The summed E-state index contributed by atoms with van der Waals surface area (Å²) >= 11 is 0. The van der Waals surface area contributed by atoms with Gasteiger partial charge in [-0.05, 0) is 24.5 Å². The van der Waals surface area contributed by atoms with Crippen molar-refractivity contribution in [2.75, 3.05) is 25.5 Å². The lowest BCUT2D eigenvalue weighted by molar-refractivity contribution is 0.223. The molecule has 0 aromatic heterocycles. The minimum Gasteiger partial charge on any atom is -0.330 e. The summed E-state index contributed by atoms with van der Waals surface area (Å²) in [6, 6.07) is 8.21. The summed E-state index contributed by atoms with van der Waals surface area (Å²) in [5, 5.41) is 0. The van der Waals surface area contributed by atoms with Crippen molar-refractivity contribution in [3.63, 3.8) is 0 Å². The molecule has 2 amide bonds. The lowest BCUT2D eigenvalue weighted by Gasteiger charge is -2.31. The number of fused-ring (bicyclic) bond motifs is 1. The van der Waals surface area contributed by atoms with Crippen LogP contribution in [0.4, 0.5) is 10.5 Å². The molecule has 2 rings (SSSR count). The Bertz CT molecular complexity index is 374. The number of aryl methyl sites for hydroxylation is 1. The van der Waals surface area contributed by atoms with E-state index in [4.69, 9.17) is 0 Å². The molecule has 0 atom stereocenters. The SMILES string of the molecule is CN(C)C(=O)N1CCCc2ccccc21. The molecule has 1 aromatic carbocycles. The molecule has 0 saturated carbocycles. The zero-order valence-electron chi connectivity index (χ0n) is 9.23. The first-order valence-corrected chi connectivity index (χ1v) is 5.27. The number of carbonyl (C=O) groups is 1. The minimum absolute atomic E-state index is 0.0714. The maximum atomic E-state index is 11.9. The average molecular weight is 204 g/mol. The van der Waals surface area contributed by atoms with E-state index in [1.807, 2.05) is 23.1 Å². The van der Waals surface area contributed by atoms with Crippen LogP contribution in [0.2, 0.25) is 0 Å². The van der Waals surface area contributed by atoms with Gasteiger partial charge in [0.05, 0.1) is 0 Å². The van der Waals surface area contributed by atoms with Crippen LogP contribution >= 0.6 is 0 Å². The molecule has 1 aliphatic rings. The van der Waals surface area contributed by atoms with E-state index < -0.39 is 0 Å². The molecule has 80 valence electrons. The zero-order valence-corrected chi connectivity index (χ0v) is 9.23. The van der Waals surface area contributed by atoms with Crippen molar-refractivity contribution in [1.29, 1.82) is 0 Å². The summed E-state index contributed by atoms with van der Waals surface area (Å²) in [5.41, 5.74) is 2.35. The van der Waals surface area contributed by atoms with Crippen molar-refractivity contribution in [3.8, 4) is 0 Å². The molecule has 1 aromatic rings. The topological polar surface area (TPSA) is 23.6 Å². The second-order valence-electron chi connectivity index (χ2n) is 4.06. The lowest BCUT2D eigenvalue weighted by Crippen LogP contribution is -2.42. The Balaban J connectivity index is 2.34. The Kier molecular flexibility index (Phi) is 2.62. The summed E-state index contributed by atoms with van der Waals surface area (Å²) < 4.78 is 0. The molecule has 0 bridgehead atoms. The summed E-state index contributed by atoms with van der Waals surface area (Å²) in [5.74, 6) is 0. The van der Waals surface area contributed by atoms with E-state index >= 15 is 0 Å². The number of rotatable bonds is 0. The van der Waals surface area contributed by atoms with Gasteiger partial charge in [0.2, 0.25) is 0 Å². The highest BCUT2D eigenvalue weighted by Gasteiger charge is 2.22. The predicted octanol–water partition coefficient (Wildman–Crippen LogP) is 2.12. The number of anilines is 1. The second-order valence-corrected chi connectivity index (χ2v) is 4.06. The summed E-state index contributed by atoms with van der Waals surface area (Å²) in [6.07, 6.45) is 2.13. The number of amides is 2. The van der Waals surface area contributed by atoms with E-state index in [0.717, 1.165) is 25.1 Å².